The van der Waals surface area contributed by atoms with E-state index in [4.69, 9.17) is 4.74 Å². The van der Waals surface area contributed by atoms with Crippen LogP contribution in [-0.2, 0) is 4.79 Å². The molecule has 2 rings (SSSR count). The Balaban J connectivity index is 2.36. The van der Waals surface area contributed by atoms with E-state index in [-0.39, 0.29) is 11.8 Å². The summed E-state index contributed by atoms with van der Waals surface area (Å²) in [5, 5.41) is 0. The van der Waals surface area contributed by atoms with Gasteiger partial charge in [0, 0.05) is 13.2 Å². The predicted octanol–water partition coefficient (Wildman–Crippen LogP) is 0.868. The van der Waals surface area contributed by atoms with Crippen LogP contribution in [0.15, 0.2) is 18.5 Å². The van der Waals surface area contributed by atoms with Crippen molar-refractivity contribution in [1.82, 2.24) is 4.98 Å². The molecule has 0 aromatic carbocycles. The molecule has 0 N–H and O–H groups in total. The van der Waals surface area contributed by atoms with Gasteiger partial charge in [0.15, 0.2) is 11.5 Å². The number of pyridine rings is 1. The Hall–Kier alpha value is -1.58. The van der Waals surface area contributed by atoms with Crippen molar-refractivity contribution in [2.45, 2.75) is 13.0 Å². The summed E-state index contributed by atoms with van der Waals surface area (Å²) in [6.07, 6.45) is 3.36. The summed E-state index contributed by atoms with van der Waals surface area (Å²) in [4.78, 5) is 17.2. The topological polar surface area (TPSA) is 42.4 Å². The van der Waals surface area contributed by atoms with Crippen molar-refractivity contribution in [3.63, 3.8) is 0 Å². The van der Waals surface area contributed by atoms with Crippen LogP contribution in [0.25, 0.3) is 0 Å². The molecule has 0 unspecified atom stereocenters. The lowest BCUT2D eigenvalue weighted by Gasteiger charge is -2.33. The molecule has 0 saturated heterocycles. The first-order valence-electron chi connectivity index (χ1n) is 4.50. The third-order valence-electron chi connectivity index (χ3n) is 2.48. The monoisotopic (exact) mass is 192 g/mol. The number of likely N-dealkylation sites (N-methyl/N-ethyl adjacent to an activating group) is 1. The van der Waals surface area contributed by atoms with Crippen LogP contribution in [0.1, 0.15) is 6.92 Å². The Morgan fingerprint density at radius 1 is 1.71 bits per heavy atom. The molecular formula is C10H12N2O2. The second kappa shape index (κ2) is 3.29. The first-order chi connectivity index (χ1) is 6.70. The third kappa shape index (κ3) is 1.32. The number of ketones is 1. The predicted molar refractivity (Wildman–Crippen MR) is 52.6 cm³/mol. The molecule has 0 amide bonds. The minimum atomic E-state index is -0.176. The fraction of sp³-hybridized carbons (Fsp3) is 0.400. The van der Waals surface area contributed by atoms with E-state index in [0.717, 1.165) is 11.4 Å². The Bertz CT molecular complexity index is 365. The molecule has 1 aliphatic heterocycles. The maximum Gasteiger partial charge on any atom is 0.160 e. The van der Waals surface area contributed by atoms with Crippen molar-refractivity contribution < 1.29 is 9.53 Å². The van der Waals surface area contributed by atoms with Gasteiger partial charge in [0.1, 0.15) is 12.6 Å². The zero-order valence-electron chi connectivity index (χ0n) is 8.23. The van der Waals surface area contributed by atoms with Gasteiger partial charge >= 0.3 is 0 Å². The van der Waals surface area contributed by atoms with Gasteiger partial charge in [-0.25, -0.2) is 0 Å². The van der Waals surface area contributed by atoms with Crippen LogP contribution >= 0.6 is 0 Å². The van der Waals surface area contributed by atoms with Gasteiger partial charge in [-0.15, -0.1) is 0 Å². The Kier molecular flexibility index (Phi) is 2.11. The summed E-state index contributed by atoms with van der Waals surface area (Å²) in [6.45, 7) is 1.99. The highest BCUT2D eigenvalue weighted by Crippen LogP contribution is 2.31. The molecule has 0 radical (unpaired) electrons. The van der Waals surface area contributed by atoms with Gasteiger partial charge in [-0.3, -0.25) is 9.78 Å². The summed E-state index contributed by atoms with van der Waals surface area (Å²) in [6, 6.07) is 1.68. The standard InChI is InChI=1S/C10H12N2O2/c1-7(13)9-6-14-10-5-11-4-3-8(10)12(9)2/h3-5,9H,6H2,1-2H3/t9-/m0/s1. The van der Waals surface area contributed by atoms with E-state index in [2.05, 4.69) is 4.98 Å². The van der Waals surface area contributed by atoms with E-state index < -0.39 is 0 Å². The largest absolute Gasteiger partial charge is 0.487 e. The number of carbonyl (C=O) groups is 1. The van der Waals surface area contributed by atoms with Gasteiger partial charge < -0.3 is 9.64 Å². The lowest BCUT2D eigenvalue weighted by atomic mass is 10.1. The molecule has 0 bridgehead atoms. The Labute approximate surface area is 82.5 Å². The second-order valence-electron chi connectivity index (χ2n) is 3.39. The van der Waals surface area contributed by atoms with Crippen LogP contribution < -0.4 is 9.64 Å². The van der Waals surface area contributed by atoms with Gasteiger partial charge in [-0.2, -0.15) is 0 Å². The maximum absolute atomic E-state index is 11.3. The zero-order chi connectivity index (χ0) is 10.1. The van der Waals surface area contributed by atoms with Crippen LogP contribution in [0.2, 0.25) is 0 Å². The number of nitrogens with zero attached hydrogens (tertiary/aromatic N) is 2. The third-order valence-corrected chi connectivity index (χ3v) is 2.48. The molecular weight excluding hydrogens is 180 g/mol. The molecule has 4 heteroatoms. The van der Waals surface area contributed by atoms with E-state index in [0.29, 0.717) is 6.61 Å². The smallest absolute Gasteiger partial charge is 0.160 e. The fourth-order valence-electron chi connectivity index (χ4n) is 1.61. The summed E-state index contributed by atoms with van der Waals surface area (Å²) < 4.78 is 5.44. The van der Waals surface area contributed by atoms with Crippen molar-refractivity contribution >= 4 is 11.5 Å². The van der Waals surface area contributed by atoms with E-state index in [9.17, 15) is 4.79 Å². The molecule has 0 aliphatic carbocycles. The summed E-state index contributed by atoms with van der Waals surface area (Å²) in [7, 11) is 1.90. The van der Waals surface area contributed by atoms with Gasteiger partial charge in [-0.1, -0.05) is 0 Å². The van der Waals surface area contributed by atoms with Gasteiger partial charge in [-0.05, 0) is 13.0 Å². The highest BCUT2D eigenvalue weighted by atomic mass is 16.5. The highest BCUT2D eigenvalue weighted by Gasteiger charge is 2.27. The minimum absolute atomic E-state index is 0.120. The average Bonchev–Trinajstić information content (AvgIpc) is 2.18. The van der Waals surface area contributed by atoms with E-state index in [1.807, 2.05) is 18.0 Å². The molecule has 0 saturated carbocycles. The number of aromatic nitrogens is 1. The van der Waals surface area contributed by atoms with Crippen LogP contribution in [0.5, 0.6) is 5.75 Å². The molecule has 14 heavy (non-hydrogen) atoms. The van der Waals surface area contributed by atoms with Gasteiger partial charge in [0.05, 0.1) is 11.9 Å². The normalized spacial score (nSPS) is 19.9. The van der Waals surface area contributed by atoms with Crippen LogP contribution in [-0.4, -0.2) is 30.5 Å². The van der Waals surface area contributed by atoms with E-state index in [1.165, 1.54) is 0 Å². The Morgan fingerprint density at radius 3 is 3.21 bits per heavy atom. The number of carbonyl (C=O) groups excluding carboxylic acids is 1. The van der Waals surface area contributed by atoms with Crippen molar-refractivity contribution in [3.05, 3.63) is 18.5 Å². The number of hydrogen-bond donors (Lipinski definition) is 0. The quantitative estimate of drug-likeness (QED) is 0.662. The molecule has 74 valence electrons. The number of fused-ring (bicyclic) bond motifs is 1. The number of anilines is 1. The molecule has 1 atom stereocenters. The molecule has 4 nitrogen and oxygen atoms in total. The summed E-state index contributed by atoms with van der Waals surface area (Å²) >= 11 is 0. The number of rotatable bonds is 1. The number of Topliss-reactive ketones (excluding diaryl/α,β-unsaturated/α-hetero) is 1. The number of ether oxygens (including phenoxy) is 1. The molecule has 1 aromatic rings. The van der Waals surface area contributed by atoms with Gasteiger partial charge in [0.2, 0.25) is 0 Å². The van der Waals surface area contributed by atoms with Crippen molar-refractivity contribution in [2.24, 2.45) is 0 Å². The SMILES string of the molecule is CC(=O)[C@@H]1COc2cnccc2N1C. The molecule has 1 aromatic heterocycles. The van der Waals surface area contributed by atoms with Gasteiger partial charge in [0.25, 0.3) is 0 Å². The lowest BCUT2D eigenvalue weighted by molar-refractivity contribution is -0.119. The molecule has 1 aliphatic rings. The summed E-state index contributed by atoms with van der Waals surface area (Å²) in [5.41, 5.74) is 0.923. The van der Waals surface area contributed by atoms with E-state index >= 15 is 0 Å². The fourth-order valence-corrected chi connectivity index (χ4v) is 1.61. The van der Waals surface area contributed by atoms with Crippen molar-refractivity contribution in [1.29, 1.82) is 0 Å². The van der Waals surface area contributed by atoms with Crippen molar-refractivity contribution in [3.8, 4) is 5.75 Å². The number of hydrogen-bond acceptors (Lipinski definition) is 4. The second-order valence-corrected chi connectivity index (χ2v) is 3.39. The van der Waals surface area contributed by atoms with Crippen LogP contribution in [0, 0.1) is 0 Å². The average molecular weight is 192 g/mol. The molecule has 0 fully saturated rings. The lowest BCUT2D eigenvalue weighted by Crippen LogP contribution is -2.45. The van der Waals surface area contributed by atoms with Crippen molar-refractivity contribution in [2.75, 3.05) is 18.6 Å². The van der Waals surface area contributed by atoms with Crippen LogP contribution in [0.3, 0.4) is 0 Å². The molecule has 2 heterocycles. The first kappa shape index (κ1) is 8.99. The Morgan fingerprint density at radius 2 is 2.50 bits per heavy atom. The first-order valence-corrected chi connectivity index (χ1v) is 4.50. The maximum atomic E-state index is 11.3. The van der Waals surface area contributed by atoms with Crippen LogP contribution in [0.4, 0.5) is 5.69 Å². The summed E-state index contributed by atoms with van der Waals surface area (Å²) in [5.74, 6) is 0.863. The van der Waals surface area contributed by atoms with E-state index in [1.54, 1.807) is 19.3 Å². The zero-order valence-corrected chi connectivity index (χ0v) is 8.23. The molecule has 0 spiro atoms. The minimum Gasteiger partial charge on any atom is -0.487 e. The highest BCUT2D eigenvalue weighted by molar-refractivity contribution is 5.86.